The van der Waals surface area contributed by atoms with Gasteiger partial charge in [0.2, 0.25) is 5.91 Å². The number of nitrogens with zero attached hydrogens (tertiary/aromatic N) is 1. The molecule has 0 aliphatic heterocycles. The lowest BCUT2D eigenvalue weighted by Crippen LogP contribution is -2.43. The van der Waals surface area contributed by atoms with Crippen molar-refractivity contribution >= 4 is 5.91 Å². The van der Waals surface area contributed by atoms with Gasteiger partial charge in [0, 0.05) is 13.1 Å². The van der Waals surface area contributed by atoms with Crippen LogP contribution in [0.2, 0.25) is 0 Å². The molecule has 0 spiro atoms. The summed E-state index contributed by atoms with van der Waals surface area (Å²) in [5, 5.41) is 13.1. The highest BCUT2D eigenvalue weighted by Gasteiger charge is 2.32. The van der Waals surface area contributed by atoms with E-state index in [1.54, 1.807) is 12.1 Å². The molecule has 1 aliphatic rings. The molecule has 1 aromatic rings. The number of carbonyl (C=O) groups excluding carboxylic acids is 1. The molecule has 0 bridgehead atoms. The Bertz CT molecular complexity index is 470. The third-order valence-electron chi connectivity index (χ3n) is 3.91. The third-order valence-corrected chi connectivity index (χ3v) is 3.91. The lowest BCUT2D eigenvalue weighted by Gasteiger charge is -2.28. The van der Waals surface area contributed by atoms with Crippen molar-refractivity contribution < 1.29 is 14.3 Å². The van der Waals surface area contributed by atoms with Gasteiger partial charge in [-0.1, -0.05) is 25.0 Å². The van der Waals surface area contributed by atoms with E-state index >= 15 is 0 Å². The second-order valence-corrected chi connectivity index (χ2v) is 6.01. The van der Waals surface area contributed by atoms with Crippen molar-refractivity contribution in [1.29, 1.82) is 0 Å². The van der Waals surface area contributed by atoms with Crippen LogP contribution in [-0.4, -0.2) is 41.7 Å². The highest BCUT2D eigenvalue weighted by atomic mass is 19.1. The van der Waals surface area contributed by atoms with E-state index in [-0.39, 0.29) is 18.3 Å². The minimum absolute atomic E-state index is 0.0941. The Labute approximate surface area is 125 Å². The maximum absolute atomic E-state index is 12.8. The summed E-state index contributed by atoms with van der Waals surface area (Å²) < 4.78 is 12.8. The van der Waals surface area contributed by atoms with E-state index in [9.17, 15) is 14.3 Å². The summed E-state index contributed by atoms with van der Waals surface area (Å²) >= 11 is 0. The van der Waals surface area contributed by atoms with E-state index in [1.807, 2.05) is 11.9 Å². The molecular formula is C16H23FN2O2. The number of benzene rings is 1. The predicted molar refractivity (Wildman–Crippen MR) is 79.2 cm³/mol. The third kappa shape index (κ3) is 5.10. The van der Waals surface area contributed by atoms with Crippen LogP contribution >= 0.6 is 0 Å². The van der Waals surface area contributed by atoms with Crippen LogP contribution in [-0.2, 0) is 11.3 Å². The van der Waals surface area contributed by atoms with Crippen LogP contribution in [0.25, 0.3) is 0 Å². The second kappa shape index (κ2) is 7.00. The van der Waals surface area contributed by atoms with E-state index in [2.05, 4.69) is 5.32 Å². The largest absolute Gasteiger partial charge is 0.389 e. The Kier molecular flexibility index (Phi) is 5.31. The molecule has 1 aliphatic carbocycles. The highest BCUT2D eigenvalue weighted by Crippen LogP contribution is 2.29. The monoisotopic (exact) mass is 294 g/mol. The quantitative estimate of drug-likeness (QED) is 0.839. The summed E-state index contributed by atoms with van der Waals surface area (Å²) in [6.07, 6.45) is 3.74. The molecule has 0 unspecified atom stereocenters. The van der Waals surface area contributed by atoms with Crippen molar-refractivity contribution in [2.75, 3.05) is 20.1 Å². The Morgan fingerprint density at radius 3 is 2.57 bits per heavy atom. The predicted octanol–water partition coefficient (Wildman–Crippen LogP) is 1.68. The Morgan fingerprint density at radius 2 is 1.95 bits per heavy atom. The van der Waals surface area contributed by atoms with Gasteiger partial charge in [0.1, 0.15) is 5.82 Å². The van der Waals surface area contributed by atoms with Crippen molar-refractivity contribution in [3.05, 3.63) is 35.6 Å². The minimum atomic E-state index is -0.633. The van der Waals surface area contributed by atoms with Gasteiger partial charge in [0.05, 0.1) is 12.1 Å². The topological polar surface area (TPSA) is 52.6 Å². The number of rotatable bonds is 6. The Morgan fingerprint density at radius 1 is 1.33 bits per heavy atom. The number of halogens is 1. The molecule has 0 heterocycles. The number of aliphatic hydroxyl groups is 1. The molecule has 1 aromatic carbocycles. The summed E-state index contributed by atoms with van der Waals surface area (Å²) in [5.74, 6) is -0.377. The van der Waals surface area contributed by atoms with Crippen molar-refractivity contribution in [3.63, 3.8) is 0 Å². The second-order valence-electron chi connectivity index (χ2n) is 6.01. The zero-order chi connectivity index (χ0) is 15.3. The molecule has 116 valence electrons. The van der Waals surface area contributed by atoms with Crippen LogP contribution < -0.4 is 5.32 Å². The first-order valence-corrected chi connectivity index (χ1v) is 7.39. The first kappa shape index (κ1) is 15.9. The number of likely N-dealkylation sites (N-methyl/N-ethyl adjacent to an activating group) is 1. The summed E-state index contributed by atoms with van der Waals surface area (Å²) in [4.78, 5) is 13.7. The fourth-order valence-electron chi connectivity index (χ4n) is 2.85. The number of nitrogens with one attached hydrogen (secondary N) is 1. The summed E-state index contributed by atoms with van der Waals surface area (Å²) in [7, 11) is 1.84. The van der Waals surface area contributed by atoms with E-state index in [4.69, 9.17) is 0 Å². The van der Waals surface area contributed by atoms with Crippen LogP contribution in [0.4, 0.5) is 4.39 Å². The molecule has 0 saturated heterocycles. The molecule has 2 N–H and O–H groups in total. The molecule has 21 heavy (non-hydrogen) atoms. The van der Waals surface area contributed by atoms with Gasteiger partial charge >= 0.3 is 0 Å². The number of hydrogen-bond acceptors (Lipinski definition) is 3. The molecule has 1 fully saturated rings. The van der Waals surface area contributed by atoms with Crippen LogP contribution in [0.15, 0.2) is 24.3 Å². The first-order chi connectivity index (χ1) is 9.97. The van der Waals surface area contributed by atoms with Crippen LogP contribution in [0, 0.1) is 5.82 Å². The van der Waals surface area contributed by atoms with E-state index in [0.717, 1.165) is 31.2 Å². The minimum Gasteiger partial charge on any atom is -0.389 e. The molecule has 1 amide bonds. The first-order valence-electron chi connectivity index (χ1n) is 7.39. The maximum Gasteiger partial charge on any atom is 0.234 e. The molecule has 0 radical (unpaired) electrons. The molecule has 0 aromatic heterocycles. The van der Waals surface area contributed by atoms with Gasteiger partial charge in [-0.3, -0.25) is 9.69 Å². The van der Waals surface area contributed by atoms with Gasteiger partial charge in [-0.05, 0) is 37.6 Å². The van der Waals surface area contributed by atoms with E-state index in [1.165, 1.54) is 12.1 Å². The molecule has 2 rings (SSSR count). The zero-order valence-corrected chi connectivity index (χ0v) is 12.4. The van der Waals surface area contributed by atoms with Gasteiger partial charge in [-0.15, -0.1) is 0 Å². The van der Waals surface area contributed by atoms with Crippen molar-refractivity contribution in [1.82, 2.24) is 10.2 Å². The summed E-state index contributed by atoms with van der Waals surface area (Å²) in [5.41, 5.74) is 0.230. The van der Waals surface area contributed by atoms with Crippen molar-refractivity contribution in [2.24, 2.45) is 0 Å². The average Bonchev–Trinajstić information content (AvgIpc) is 2.84. The normalized spacial score (nSPS) is 17.1. The standard InChI is InChI=1S/C16H23FN2O2/c1-19(12-16(21)8-2-3-9-16)11-15(20)18-10-13-4-6-14(17)7-5-13/h4-7,21H,2-3,8-12H2,1H3,(H,18,20). The molecule has 0 atom stereocenters. The lowest BCUT2D eigenvalue weighted by atomic mass is 10.0. The van der Waals surface area contributed by atoms with Gasteiger partial charge in [-0.25, -0.2) is 4.39 Å². The van der Waals surface area contributed by atoms with Crippen molar-refractivity contribution in [2.45, 2.75) is 37.8 Å². The molecule has 1 saturated carbocycles. The molecular weight excluding hydrogens is 271 g/mol. The smallest absolute Gasteiger partial charge is 0.234 e. The fraction of sp³-hybridized carbons (Fsp3) is 0.562. The molecule has 4 nitrogen and oxygen atoms in total. The Hall–Kier alpha value is -1.46. The maximum atomic E-state index is 12.8. The number of carbonyl (C=O) groups is 1. The highest BCUT2D eigenvalue weighted by molar-refractivity contribution is 5.77. The summed E-state index contributed by atoms with van der Waals surface area (Å²) in [6.45, 7) is 1.16. The van der Waals surface area contributed by atoms with E-state index in [0.29, 0.717) is 13.1 Å². The van der Waals surface area contributed by atoms with Crippen LogP contribution in [0.3, 0.4) is 0 Å². The average molecular weight is 294 g/mol. The van der Waals surface area contributed by atoms with Crippen molar-refractivity contribution in [3.8, 4) is 0 Å². The van der Waals surface area contributed by atoms with Gasteiger partial charge in [0.15, 0.2) is 0 Å². The number of amides is 1. The summed E-state index contributed by atoms with van der Waals surface area (Å²) in [6, 6.07) is 6.06. The fourth-order valence-corrected chi connectivity index (χ4v) is 2.85. The van der Waals surface area contributed by atoms with Crippen LogP contribution in [0.5, 0.6) is 0 Å². The van der Waals surface area contributed by atoms with Gasteiger partial charge in [-0.2, -0.15) is 0 Å². The number of hydrogen-bond donors (Lipinski definition) is 2. The lowest BCUT2D eigenvalue weighted by molar-refractivity contribution is -0.122. The molecule has 5 heteroatoms. The van der Waals surface area contributed by atoms with Gasteiger partial charge < -0.3 is 10.4 Å². The SMILES string of the molecule is CN(CC(=O)NCc1ccc(F)cc1)CC1(O)CCCC1. The Balaban J connectivity index is 1.72. The van der Waals surface area contributed by atoms with Crippen LogP contribution in [0.1, 0.15) is 31.2 Å². The van der Waals surface area contributed by atoms with E-state index < -0.39 is 5.60 Å². The van der Waals surface area contributed by atoms with Gasteiger partial charge in [0.25, 0.3) is 0 Å². The zero-order valence-electron chi connectivity index (χ0n) is 12.4.